The van der Waals surface area contributed by atoms with Gasteiger partial charge in [0.2, 0.25) is 5.91 Å². The van der Waals surface area contributed by atoms with Crippen molar-refractivity contribution >= 4 is 21.6 Å². The lowest BCUT2D eigenvalue weighted by atomic mass is 10.0. The summed E-state index contributed by atoms with van der Waals surface area (Å²) < 4.78 is 27.8. The molecule has 24 heavy (non-hydrogen) atoms. The lowest BCUT2D eigenvalue weighted by Gasteiger charge is -2.37. The second-order valence-electron chi connectivity index (χ2n) is 5.84. The van der Waals surface area contributed by atoms with Gasteiger partial charge in [0, 0.05) is 39.1 Å². The molecule has 1 aliphatic heterocycles. The average Bonchev–Trinajstić information content (AvgIpc) is 2.54. The molecule has 9 heteroatoms. The van der Waals surface area contributed by atoms with Crippen LogP contribution < -0.4 is 10.2 Å². The normalized spacial score (nSPS) is 21.5. The van der Waals surface area contributed by atoms with E-state index in [1.165, 1.54) is 19.4 Å². The number of aromatic nitrogens is 1. The minimum absolute atomic E-state index is 0.160. The van der Waals surface area contributed by atoms with Crippen LogP contribution in [0.15, 0.2) is 23.2 Å². The number of piperidine rings is 1. The van der Waals surface area contributed by atoms with Gasteiger partial charge in [-0.1, -0.05) is 0 Å². The van der Waals surface area contributed by atoms with Crippen molar-refractivity contribution in [2.75, 3.05) is 38.0 Å². The van der Waals surface area contributed by atoms with Crippen molar-refractivity contribution in [2.24, 2.45) is 0 Å². The van der Waals surface area contributed by atoms with E-state index in [0.717, 1.165) is 6.26 Å². The van der Waals surface area contributed by atoms with Gasteiger partial charge in [-0.25, -0.2) is 13.4 Å². The average molecular weight is 357 g/mol. The van der Waals surface area contributed by atoms with Crippen molar-refractivity contribution in [1.82, 2.24) is 10.3 Å². The fraction of sp³-hybridized carbons (Fsp3) is 0.600. The van der Waals surface area contributed by atoms with Gasteiger partial charge in [-0.05, 0) is 18.6 Å². The molecule has 0 unspecified atom stereocenters. The number of rotatable bonds is 6. The second-order valence-corrected chi connectivity index (χ2v) is 7.86. The molecule has 2 atom stereocenters. The third-order valence-corrected chi connectivity index (χ3v) is 5.03. The number of hydrogen-bond acceptors (Lipinski definition) is 7. The van der Waals surface area contributed by atoms with E-state index in [1.54, 1.807) is 6.07 Å². The molecule has 134 valence electrons. The van der Waals surface area contributed by atoms with Crippen molar-refractivity contribution in [2.45, 2.75) is 29.9 Å². The fourth-order valence-corrected chi connectivity index (χ4v) is 3.10. The summed E-state index contributed by atoms with van der Waals surface area (Å²) in [6.07, 6.45) is 2.56. The third kappa shape index (κ3) is 4.89. The van der Waals surface area contributed by atoms with Crippen LogP contribution in [-0.2, 0) is 19.4 Å². The van der Waals surface area contributed by atoms with Crippen LogP contribution in [0.2, 0.25) is 0 Å². The highest BCUT2D eigenvalue weighted by atomic mass is 32.2. The Morgan fingerprint density at radius 1 is 1.50 bits per heavy atom. The summed E-state index contributed by atoms with van der Waals surface area (Å²) in [5.74, 6) is 0.438. The van der Waals surface area contributed by atoms with Gasteiger partial charge in [0.25, 0.3) is 0 Å². The Hall–Kier alpha value is -1.71. The Kier molecular flexibility index (Phi) is 6.14. The van der Waals surface area contributed by atoms with Crippen LogP contribution in [0.5, 0.6) is 0 Å². The van der Waals surface area contributed by atoms with Gasteiger partial charge in [0.15, 0.2) is 9.84 Å². The predicted molar refractivity (Wildman–Crippen MR) is 88.6 cm³/mol. The van der Waals surface area contributed by atoms with Gasteiger partial charge in [-0.3, -0.25) is 4.79 Å². The highest BCUT2D eigenvalue weighted by Crippen LogP contribution is 2.20. The van der Waals surface area contributed by atoms with E-state index in [1.807, 2.05) is 4.90 Å². The topological polar surface area (TPSA) is 109 Å². The summed E-state index contributed by atoms with van der Waals surface area (Å²) in [6.45, 7) is 1.31. The molecule has 1 fully saturated rings. The molecule has 2 heterocycles. The molecular formula is C15H23N3O5S. The van der Waals surface area contributed by atoms with Crippen molar-refractivity contribution in [3.63, 3.8) is 0 Å². The van der Waals surface area contributed by atoms with Crippen LogP contribution in [0.4, 0.5) is 5.82 Å². The Morgan fingerprint density at radius 2 is 2.25 bits per heavy atom. The monoisotopic (exact) mass is 357 g/mol. The maximum absolute atomic E-state index is 11.8. The smallest absolute Gasteiger partial charge is 0.222 e. The van der Waals surface area contributed by atoms with Crippen molar-refractivity contribution in [3.8, 4) is 0 Å². The summed E-state index contributed by atoms with van der Waals surface area (Å²) in [6, 6.07) is 2.74. The maximum Gasteiger partial charge on any atom is 0.222 e. The SMILES string of the molecule is COCCC(=O)N[C@@H]1CN(c2ccc(S(C)(=O)=O)cn2)CC[C@@H]1O. The number of nitrogens with zero attached hydrogens (tertiary/aromatic N) is 2. The first-order valence-corrected chi connectivity index (χ1v) is 9.58. The van der Waals surface area contributed by atoms with Crippen LogP contribution in [0, 0.1) is 0 Å². The molecule has 0 aromatic carbocycles. The number of nitrogens with one attached hydrogen (secondary N) is 1. The first-order chi connectivity index (χ1) is 11.3. The highest BCUT2D eigenvalue weighted by molar-refractivity contribution is 7.90. The van der Waals surface area contributed by atoms with E-state index >= 15 is 0 Å². The van der Waals surface area contributed by atoms with E-state index in [0.29, 0.717) is 31.9 Å². The summed E-state index contributed by atoms with van der Waals surface area (Å²) >= 11 is 0. The van der Waals surface area contributed by atoms with Crippen LogP contribution in [0.1, 0.15) is 12.8 Å². The van der Waals surface area contributed by atoms with E-state index in [2.05, 4.69) is 10.3 Å². The zero-order valence-electron chi connectivity index (χ0n) is 13.8. The lowest BCUT2D eigenvalue weighted by molar-refractivity contribution is -0.123. The Bertz CT molecular complexity index is 662. The first kappa shape index (κ1) is 18.6. The molecule has 1 aromatic rings. The molecule has 8 nitrogen and oxygen atoms in total. The largest absolute Gasteiger partial charge is 0.391 e. The molecule has 0 aliphatic carbocycles. The number of aliphatic hydroxyl groups excluding tert-OH is 1. The van der Waals surface area contributed by atoms with E-state index in [-0.39, 0.29) is 17.2 Å². The molecule has 0 spiro atoms. The van der Waals surface area contributed by atoms with E-state index in [4.69, 9.17) is 4.74 Å². The number of anilines is 1. The standard InChI is InChI=1S/C15H23N3O5S/c1-23-8-6-15(20)17-12-10-18(7-5-13(12)19)14-4-3-11(9-16-14)24(2,21)22/h3-4,9,12-13,19H,5-8,10H2,1-2H3,(H,17,20)/t12-,13+/m1/s1. The maximum atomic E-state index is 11.8. The molecule has 0 radical (unpaired) electrons. The number of sulfone groups is 1. The van der Waals surface area contributed by atoms with Crippen molar-refractivity contribution < 1.29 is 23.1 Å². The molecule has 0 saturated carbocycles. The molecule has 2 N–H and O–H groups in total. The number of amides is 1. The minimum Gasteiger partial charge on any atom is -0.391 e. The molecule has 1 amide bonds. The molecular weight excluding hydrogens is 334 g/mol. The van der Waals surface area contributed by atoms with Crippen LogP contribution in [0.3, 0.4) is 0 Å². The molecule has 1 aliphatic rings. The Labute approximate surface area is 141 Å². The van der Waals surface area contributed by atoms with Crippen molar-refractivity contribution in [3.05, 3.63) is 18.3 Å². The zero-order valence-corrected chi connectivity index (χ0v) is 14.6. The number of carbonyl (C=O) groups excluding carboxylic acids is 1. The quantitative estimate of drug-likeness (QED) is 0.711. The minimum atomic E-state index is -3.28. The van der Waals surface area contributed by atoms with Gasteiger partial charge in [0.05, 0.1) is 23.6 Å². The van der Waals surface area contributed by atoms with Gasteiger partial charge in [-0.15, -0.1) is 0 Å². The number of hydrogen-bond donors (Lipinski definition) is 2. The molecule has 2 rings (SSSR count). The summed E-state index contributed by atoms with van der Waals surface area (Å²) in [5.41, 5.74) is 0. The van der Waals surface area contributed by atoms with Crippen LogP contribution in [0.25, 0.3) is 0 Å². The second kappa shape index (κ2) is 7.91. The van der Waals surface area contributed by atoms with Gasteiger partial charge >= 0.3 is 0 Å². The molecule has 0 bridgehead atoms. The van der Waals surface area contributed by atoms with Gasteiger partial charge in [-0.2, -0.15) is 0 Å². The highest BCUT2D eigenvalue weighted by Gasteiger charge is 2.29. The van der Waals surface area contributed by atoms with Gasteiger partial charge in [0.1, 0.15) is 5.82 Å². The first-order valence-electron chi connectivity index (χ1n) is 7.68. The Balaban J connectivity index is 2.03. The van der Waals surface area contributed by atoms with Gasteiger partial charge < -0.3 is 20.1 Å². The predicted octanol–water partition coefficient (Wildman–Crippen LogP) is -0.423. The molecule has 1 saturated heterocycles. The third-order valence-electron chi connectivity index (χ3n) is 3.93. The van der Waals surface area contributed by atoms with Crippen LogP contribution >= 0.6 is 0 Å². The number of aliphatic hydroxyl groups is 1. The van der Waals surface area contributed by atoms with Crippen LogP contribution in [-0.4, -0.2) is 69.6 Å². The fourth-order valence-electron chi connectivity index (χ4n) is 2.54. The number of ether oxygens (including phenoxy) is 1. The number of pyridine rings is 1. The van der Waals surface area contributed by atoms with Crippen molar-refractivity contribution in [1.29, 1.82) is 0 Å². The summed E-state index contributed by atoms with van der Waals surface area (Å²) in [7, 11) is -1.76. The summed E-state index contributed by atoms with van der Waals surface area (Å²) in [4.78, 5) is 18.1. The number of methoxy groups -OCH3 is 1. The summed E-state index contributed by atoms with van der Waals surface area (Å²) in [5, 5.41) is 12.9. The molecule has 1 aromatic heterocycles. The lowest BCUT2D eigenvalue weighted by Crippen LogP contribution is -2.55. The zero-order chi connectivity index (χ0) is 17.7. The Morgan fingerprint density at radius 3 is 2.83 bits per heavy atom. The van der Waals surface area contributed by atoms with E-state index in [9.17, 15) is 18.3 Å². The number of carbonyl (C=O) groups is 1. The van der Waals surface area contributed by atoms with E-state index < -0.39 is 22.0 Å².